The summed E-state index contributed by atoms with van der Waals surface area (Å²) >= 11 is 4.50. The van der Waals surface area contributed by atoms with Gasteiger partial charge in [-0.2, -0.15) is 0 Å². The first-order valence-electron chi connectivity index (χ1n) is 17.4. The quantitative estimate of drug-likeness (QED) is 0.343. The molecule has 0 aromatic heterocycles. The number of thioether (sulfide) groups is 2. The van der Waals surface area contributed by atoms with Crippen LogP contribution in [0.2, 0.25) is 0 Å². The lowest BCUT2D eigenvalue weighted by Gasteiger charge is -2.49. The summed E-state index contributed by atoms with van der Waals surface area (Å²) in [5, 5.41) is 19.5. The monoisotopic (exact) mass is 606 g/mol. The fourth-order valence-corrected chi connectivity index (χ4v) is 13.2. The number of rotatable bonds is 6. The van der Waals surface area contributed by atoms with E-state index in [4.69, 9.17) is 0 Å². The zero-order chi connectivity index (χ0) is 29.1. The summed E-state index contributed by atoms with van der Waals surface area (Å²) in [4.78, 5) is 0. The fraction of sp³-hybridized carbons (Fsp3) is 0.684. The Hall–Kier alpha value is -1.26. The molecule has 0 radical (unpaired) electrons. The van der Waals surface area contributed by atoms with Crippen LogP contribution in [0.5, 0.6) is 11.5 Å². The SMILES string of the molecule is CCCC[C@H]1CC2(C[C@@H]3c4ccc(O)cc4CC[C@@H]13)SCCS2.CCCC[C@H]1CCC[C@@H]2c3ccc(O)cc3CC[C@@H]12. The minimum absolute atomic E-state index is 0.440. The summed E-state index contributed by atoms with van der Waals surface area (Å²) in [5.74, 6) is 8.73. The van der Waals surface area contributed by atoms with Crippen molar-refractivity contribution in [2.24, 2.45) is 23.7 Å². The molecule has 4 heteroatoms. The second-order valence-electron chi connectivity index (χ2n) is 14.1. The molecule has 42 heavy (non-hydrogen) atoms. The van der Waals surface area contributed by atoms with Gasteiger partial charge < -0.3 is 10.2 Å². The number of phenolic OH excluding ortho intramolecular Hbond substituents is 2. The van der Waals surface area contributed by atoms with E-state index in [9.17, 15) is 10.2 Å². The fourth-order valence-electron chi connectivity index (χ4n) is 9.73. The van der Waals surface area contributed by atoms with Crippen molar-refractivity contribution < 1.29 is 10.2 Å². The van der Waals surface area contributed by atoms with E-state index in [1.807, 2.05) is 24.3 Å². The van der Waals surface area contributed by atoms with Crippen molar-refractivity contribution >= 4 is 23.5 Å². The Kier molecular flexibility index (Phi) is 10.1. The maximum absolute atomic E-state index is 9.85. The molecule has 1 heterocycles. The predicted molar refractivity (Wildman–Crippen MR) is 182 cm³/mol. The minimum Gasteiger partial charge on any atom is -0.508 e. The van der Waals surface area contributed by atoms with E-state index in [0.717, 1.165) is 35.5 Å². The van der Waals surface area contributed by atoms with Crippen LogP contribution in [-0.4, -0.2) is 25.8 Å². The molecule has 1 aliphatic heterocycles. The molecule has 3 fully saturated rings. The van der Waals surface area contributed by atoms with Crippen LogP contribution in [0.3, 0.4) is 0 Å². The van der Waals surface area contributed by atoms with Crippen molar-refractivity contribution in [3.63, 3.8) is 0 Å². The van der Waals surface area contributed by atoms with Gasteiger partial charge in [-0.25, -0.2) is 0 Å². The molecule has 1 saturated heterocycles. The Labute approximate surface area is 264 Å². The zero-order valence-corrected chi connectivity index (χ0v) is 27.8. The maximum Gasteiger partial charge on any atom is 0.115 e. The van der Waals surface area contributed by atoms with Gasteiger partial charge in [0.15, 0.2) is 0 Å². The number of unbranched alkanes of at least 4 members (excludes halogenated alkanes) is 2. The average molecular weight is 607 g/mol. The molecule has 4 aliphatic carbocycles. The molecule has 2 N–H and O–H groups in total. The average Bonchev–Trinajstić information content (AvgIpc) is 3.45. The van der Waals surface area contributed by atoms with Crippen LogP contribution >= 0.6 is 23.5 Å². The van der Waals surface area contributed by atoms with Crippen LogP contribution in [0.15, 0.2) is 36.4 Å². The molecule has 0 bridgehead atoms. The first kappa shape index (κ1) is 30.8. The van der Waals surface area contributed by atoms with Gasteiger partial charge in [0, 0.05) is 11.5 Å². The molecule has 0 amide bonds. The van der Waals surface area contributed by atoms with Gasteiger partial charge in [0.1, 0.15) is 11.5 Å². The van der Waals surface area contributed by atoms with Crippen molar-refractivity contribution in [2.75, 3.05) is 11.5 Å². The Morgan fingerprint density at radius 3 is 1.88 bits per heavy atom. The predicted octanol–water partition coefficient (Wildman–Crippen LogP) is 10.8. The third kappa shape index (κ3) is 6.56. The topological polar surface area (TPSA) is 40.5 Å². The first-order chi connectivity index (χ1) is 20.5. The maximum atomic E-state index is 9.85. The molecule has 0 unspecified atom stereocenters. The van der Waals surface area contributed by atoms with Gasteiger partial charge in [0.25, 0.3) is 0 Å². The van der Waals surface area contributed by atoms with Crippen molar-refractivity contribution in [1.82, 2.24) is 0 Å². The highest BCUT2D eigenvalue weighted by molar-refractivity contribution is 8.21. The second kappa shape index (κ2) is 13.8. The van der Waals surface area contributed by atoms with Crippen LogP contribution in [-0.2, 0) is 12.8 Å². The number of hydrogen-bond acceptors (Lipinski definition) is 4. The highest BCUT2D eigenvalue weighted by atomic mass is 32.2. The molecule has 2 aromatic rings. The van der Waals surface area contributed by atoms with Crippen LogP contribution in [0, 0.1) is 23.7 Å². The van der Waals surface area contributed by atoms with Crippen molar-refractivity contribution in [1.29, 1.82) is 0 Å². The Bertz CT molecular complexity index is 1190. The lowest BCUT2D eigenvalue weighted by atomic mass is 9.62. The number of hydrogen-bond donors (Lipinski definition) is 2. The Morgan fingerprint density at radius 2 is 1.26 bits per heavy atom. The van der Waals surface area contributed by atoms with Gasteiger partial charge in [-0.05, 0) is 127 Å². The van der Waals surface area contributed by atoms with Gasteiger partial charge in [-0.15, -0.1) is 23.5 Å². The summed E-state index contributed by atoms with van der Waals surface area (Å²) in [5.41, 5.74) is 5.95. The first-order valence-corrected chi connectivity index (χ1v) is 19.4. The summed E-state index contributed by atoms with van der Waals surface area (Å²) in [6.45, 7) is 4.63. The lowest BCUT2D eigenvalue weighted by molar-refractivity contribution is 0.165. The normalized spacial score (nSPS) is 30.8. The number of aryl methyl sites for hydroxylation is 2. The van der Waals surface area contributed by atoms with E-state index in [0.29, 0.717) is 15.6 Å². The molecule has 230 valence electrons. The molecule has 2 saturated carbocycles. The molecule has 7 rings (SSSR count). The Morgan fingerprint density at radius 1 is 0.690 bits per heavy atom. The molecular weight excluding hydrogens is 553 g/mol. The standard InChI is InChI=1S/C20H28OS2.C18H26O/c1-2-3-4-15-12-20(22-9-10-23-20)13-19-17-8-6-16(21)11-14(17)5-7-18(15)19;1-2-3-5-13-6-4-7-18-16(13)10-8-14-12-15(19)9-11-17(14)18/h6,8,11,15,18-19,21H,2-5,7,9-10,12-13H2,1H3;9,11-13,16,18-19H,2-8,10H2,1H3/t15-,18-,19+;13-,16-,18-/m00/s1. The largest absolute Gasteiger partial charge is 0.508 e. The summed E-state index contributed by atoms with van der Waals surface area (Å²) in [6.07, 6.45) is 20.3. The molecule has 2 aromatic carbocycles. The van der Waals surface area contributed by atoms with Crippen LogP contribution in [0.25, 0.3) is 0 Å². The van der Waals surface area contributed by atoms with Gasteiger partial charge in [-0.1, -0.05) is 77.3 Å². The molecule has 5 aliphatic rings. The summed E-state index contributed by atoms with van der Waals surface area (Å²) < 4.78 is 0.492. The number of fused-ring (bicyclic) bond motifs is 6. The molecule has 6 atom stereocenters. The number of benzene rings is 2. The number of phenols is 2. The van der Waals surface area contributed by atoms with Gasteiger partial charge in [0.05, 0.1) is 4.08 Å². The van der Waals surface area contributed by atoms with Crippen LogP contribution in [0.4, 0.5) is 0 Å². The van der Waals surface area contributed by atoms with E-state index >= 15 is 0 Å². The Balaban J connectivity index is 0.000000153. The minimum atomic E-state index is 0.440. The zero-order valence-electron chi connectivity index (χ0n) is 26.2. The van der Waals surface area contributed by atoms with Gasteiger partial charge in [0.2, 0.25) is 0 Å². The molecule has 2 nitrogen and oxygen atoms in total. The van der Waals surface area contributed by atoms with Crippen LogP contribution in [0.1, 0.15) is 131 Å². The highest BCUT2D eigenvalue weighted by Gasteiger charge is 2.49. The van der Waals surface area contributed by atoms with E-state index in [-0.39, 0.29) is 0 Å². The van der Waals surface area contributed by atoms with Crippen molar-refractivity contribution in [3.8, 4) is 11.5 Å². The number of aromatic hydroxyl groups is 2. The molecule has 1 spiro atoms. The van der Waals surface area contributed by atoms with Gasteiger partial charge in [-0.3, -0.25) is 0 Å². The second-order valence-corrected chi connectivity index (χ2v) is 17.4. The van der Waals surface area contributed by atoms with Crippen molar-refractivity contribution in [3.05, 3.63) is 58.7 Å². The van der Waals surface area contributed by atoms with E-state index < -0.39 is 0 Å². The van der Waals surface area contributed by atoms with E-state index in [1.165, 1.54) is 119 Å². The summed E-state index contributed by atoms with van der Waals surface area (Å²) in [7, 11) is 0. The molecular formula is C38H54O2S2. The third-order valence-electron chi connectivity index (χ3n) is 11.7. The lowest BCUT2D eigenvalue weighted by Crippen LogP contribution is -2.40. The van der Waals surface area contributed by atoms with E-state index in [1.54, 1.807) is 11.1 Å². The smallest absolute Gasteiger partial charge is 0.115 e. The van der Waals surface area contributed by atoms with E-state index in [2.05, 4.69) is 49.5 Å². The van der Waals surface area contributed by atoms with Gasteiger partial charge >= 0.3 is 0 Å². The highest BCUT2D eigenvalue weighted by Crippen LogP contribution is 2.62. The third-order valence-corrected chi connectivity index (χ3v) is 15.2. The van der Waals surface area contributed by atoms with Crippen molar-refractivity contribution in [2.45, 2.75) is 126 Å². The summed E-state index contributed by atoms with van der Waals surface area (Å²) in [6, 6.07) is 12.3. The van der Waals surface area contributed by atoms with Crippen LogP contribution < -0.4 is 0 Å².